The van der Waals surface area contributed by atoms with Crippen molar-refractivity contribution in [1.82, 2.24) is 9.62 Å². The molecule has 0 spiro atoms. The highest BCUT2D eigenvalue weighted by molar-refractivity contribution is 7.89. The second-order valence-electron chi connectivity index (χ2n) is 7.72. The fourth-order valence-corrected chi connectivity index (χ4v) is 4.56. The minimum atomic E-state index is -3.86. The van der Waals surface area contributed by atoms with E-state index in [4.69, 9.17) is 6.42 Å². The lowest BCUT2D eigenvalue weighted by Gasteiger charge is -2.18. The van der Waals surface area contributed by atoms with Crippen LogP contribution in [-0.2, 0) is 21.4 Å². The average Bonchev–Trinajstić information content (AvgIpc) is 2.83. The van der Waals surface area contributed by atoms with Gasteiger partial charge in [0.25, 0.3) is 5.91 Å². The molecular weight excluding hydrogens is 450 g/mol. The van der Waals surface area contributed by atoms with Crippen molar-refractivity contribution in [3.05, 3.63) is 95.1 Å². The van der Waals surface area contributed by atoms with Crippen LogP contribution in [0.2, 0.25) is 0 Å². The van der Waals surface area contributed by atoms with E-state index in [-0.39, 0.29) is 23.5 Å². The molecule has 0 aromatic heterocycles. The van der Waals surface area contributed by atoms with Gasteiger partial charge >= 0.3 is 0 Å². The summed E-state index contributed by atoms with van der Waals surface area (Å²) in [6, 6.07) is 20.4. The lowest BCUT2D eigenvalue weighted by molar-refractivity contribution is -0.116. The van der Waals surface area contributed by atoms with Gasteiger partial charge in [0.1, 0.15) is 0 Å². The van der Waals surface area contributed by atoms with Gasteiger partial charge in [-0.05, 0) is 48.4 Å². The molecular formula is C26H25N3O4S. The third-order valence-corrected chi connectivity index (χ3v) is 6.62. The quantitative estimate of drug-likeness (QED) is 0.489. The van der Waals surface area contributed by atoms with Crippen molar-refractivity contribution in [1.29, 1.82) is 0 Å². The van der Waals surface area contributed by atoms with E-state index in [1.807, 2.05) is 30.3 Å². The highest BCUT2D eigenvalue weighted by atomic mass is 32.2. The molecule has 7 nitrogen and oxygen atoms in total. The Labute approximate surface area is 199 Å². The molecule has 0 heterocycles. The Bertz CT molecular complexity index is 1350. The first-order valence-corrected chi connectivity index (χ1v) is 11.9. The number of nitrogens with zero attached hydrogens (tertiary/aromatic N) is 1. The number of terminal acetylenes is 1. The first-order valence-electron chi connectivity index (χ1n) is 10.5. The lowest BCUT2D eigenvalue weighted by atomic mass is 10.1. The number of aryl methyl sites for hydroxylation is 1. The van der Waals surface area contributed by atoms with Crippen LogP contribution in [0.25, 0.3) is 0 Å². The maximum atomic E-state index is 12.9. The fourth-order valence-electron chi connectivity index (χ4n) is 3.27. The molecule has 2 amide bonds. The zero-order valence-electron chi connectivity index (χ0n) is 18.9. The first-order chi connectivity index (χ1) is 16.2. The number of hydrogen-bond donors (Lipinski definition) is 2. The number of hydrogen-bond acceptors (Lipinski definition) is 4. The summed E-state index contributed by atoms with van der Waals surface area (Å²) in [5, 5.41) is 2.70. The van der Waals surface area contributed by atoms with Crippen molar-refractivity contribution in [2.75, 3.05) is 18.9 Å². The molecule has 0 saturated carbocycles. The lowest BCUT2D eigenvalue weighted by Crippen LogP contribution is -2.35. The van der Waals surface area contributed by atoms with Crippen LogP contribution in [0.5, 0.6) is 0 Å². The van der Waals surface area contributed by atoms with Gasteiger partial charge in [0.15, 0.2) is 0 Å². The molecule has 3 aromatic rings. The maximum absolute atomic E-state index is 12.9. The second kappa shape index (κ2) is 10.8. The number of carbonyl (C=O) groups is 2. The molecule has 0 fully saturated rings. The highest BCUT2D eigenvalue weighted by Crippen LogP contribution is 2.19. The summed E-state index contributed by atoms with van der Waals surface area (Å²) < 4.78 is 28.3. The molecule has 34 heavy (non-hydrogen) atoms. The number of anilines is 1. The second-order valence-corrected chi connectivity index (χ2v) is 9.46. The molecule has 3 aromatic carbocycles. The van der Waals surface area contributed by atoms with E-state index in [0.29, 0.717) is 16.8 Å². The SMILES string of the molecule is C#Cc1cccc(NC(=O)CN(C)C(=O)c2ccc(C)c(S(=O)(=O)NCc3ccccc3)c2)c1. The zero-order chi connectivity index (χ0) is 24.7. The van der Waals surface area contributed by atoms with Gasteiger partial charge in [-0.2, -0.15) is 0 Å². The van der Waals surface area contributed by atoms with Crippen LogP contribution in [0, 0.1) is 19.3 Å². The molecule has 0 atom stereocenters. The molecule has 8 heteroatoms. The number of likely N-dealkylation sites (N-methyl/N-ethyl adjacent to an activating group) is 1. The largest absolute Gasteiger partial charge is 0.332 e. The Morgan fingerprint density at radius 3 is 2.44 bits per heavy atom. The summed E-state index contributed by atoms with van der Waals surface area (Å²) in [4.78, 5) is 26.5. The van der Waals surface area contributed by atoms with E-state index in [1.165, 1.54) is 18.0 Å². The first kappa shape index (κ1) is 24.7. The molecule has 3 rings (SSSR count). The highest BCUT2D eigenvalue weighted by Gasteiger charge is 2.21. The van der Waals surface area contributed by atoms with Crippen molar-refractivity contribution in [3.63, 3.8) is 0 Å². The van der Waals surface area contributed by atoms with Gasteiger partial charge in [-0.25, -0.2) is 13.1 Å². The summed E-state index contributed by atoms with van der Waals surface area (Å²) in [7, 11) is -2.38. The van der Waals surface area contributed by atoms with Crippen molar-refractivity contribution < 1.29 is 18.0 Å². The van der Waals surface area contributed by atoms with Crippen molar-refractivity contribution >= 4 is 27.5 Å². The van der Waals surface area contributed by atoms with Crippen LogP contribution in [-0.4, -0.2) is 38.7 Å². The van der Waals surface area contributed by atoms with Crippen LogP contribution in [0.1, 0.15) is 27.0 Å². The van der Waals surface area contributed by atoms with Gasteiger partial charge in [-0.3, -0.25) is 9.59 Å². The van der Waals surface area contributed by atoms with E-state index in [0.717, 1.165) is 5.56 Å². The van der Waals surface area contributed by atoms with Gasteiger partial charge in [-0.15, -0.1) is 6.42 Å². The van der Waals surface area contributed by atoms with Crippen LogP contribution >= 0.6 is 0 Å². The van der Waals surface area contributed by atoms with Crippen molar-refractivity contribution in [3.8, 4) is 12.3 Å². The van der Waals surface area contributed by atoms with Crippen LogP contribution in [0.4, 0.5) is 5.69 Å². The summed E-state index contributed by atoms with van der Waals surface area (Å²) >= 11 is 0. The van der Waals surface area contributed by atoms with Crippen molar-refractivity contribution in [2.45, 2.75) is 18.4 Å². The Hall–Kier alpha value is -3.93. The molecule has 0 radical (unpaired) electrons. The van der Waals surface area contributed by atoms with Gasteiger partial charge in [0.05, 0.1) is 11.4 Å². The van der Waals surface area contributed by atoms with E-state index < -0.39 is 21.8 Å². The van der Waals surface area contributed by atoms with Crippen molar-refractivity contribution in [2.24, 2.45) is 0 Å². The van der Waals surface area contributed by atoms with Gasteiger partial charge < -0.3 is 10.2 Å². The van der Waals surface area contributed by atoms with Crippen LogP contribution < -0.4 is 10.0 Å². The van der Waals surface area contributed by atoms with E-state index in [2.05, 4.69) is 16.0 Å². The Morgan fingerprint density at radius 2 is 1.74 bits per heavy atom. The zero-order valence-corrected chi connectivity index (χ0v) is 19.7. The minimum Gasteiger partial charge on any atom is -0.332 e. The minimum absolute atomic E-state index is 0.0123. The normalized spacial score (nSPS) is 10.9. The predicted molar refractivity (Wildman–Crippen MR) is 132 cm³/mol. The van der Waals surface area contributed by atoms with E-state index in [1.54, 1.807) is 43.3 Å². The molecule has 0 aliphatic carbocycles. The topological polar surface area (TPSA) is 95.6 Å². The standard InChI is InChI=1S/C26H25N3O4S/c1-4-20-11-8-12-23(15-20)28-25(30)18-29(3)26(31)22-14-13-19(2)24(16-22)34(32,33)27-17-21-9-6-5-7-10-21/h1,5-16,27H,17-18H2,2-3H3,(H,28,30). The number of nitrogens with one attached hydrogen (secondary N) is 2. The number of carbonyl (C=O) groups excluding carboxylic acids is 2. The predicted octanol–water partition coefficient (Wildman–Crippen LogP) is 3.17. The third-order valence-electron chi connectivity index (χ3n) is 5.07. The molecule has 0 bridgehead atoms. The fraction of sp³-hybridized carbons (Fsp3) is 0.154. The Kier molecular flexibility index (Phi) is 7.84. The Morgan fingerprint density at radius 1 is 1.00 bits per heavy atom. The number of sulfonamides is 1. The summed E-state index contributed by atoms with van der Waals surface area (Å²) in [6.07, 6.45) is 5.37. The van der Waals surface area contributed by atoms with Gasteiger partial charge in [0, 0.05) is 30.4 Å². The molecule has 2 N–H and O–H groups in total. The third kappa shape index (κ3) is 6.32. The average molecular weight is 476 g/mol. The van der Waals surface area contributed by atoms with Gasteiger partial charge in [-0.1, -0.05) is 48.4 Å². The summed E-state index contributed by atoms with van der Waals surface area (Å²) in [5.41, 5.74) is 2.63. The molecule has 174 valence electrons. The van der Waals surface area contributed by atoms with Crippen LogP contribution in [0.3, 0.4) is 0 Å². The van der Waals surface area contributed by atoms with Gasteiger partial charge in [0.2, 0.25) is 15.9 Å². The monoisotopic (exact) mass is 475 g/mol. The summed E-state index contributed by atoms with van der Waals surface area (Å²) in [6.45, 7) is 1.57. The summed E-state index contributed by atoms with van der Waals surface area (Å²) in [5.74, 6) is 1.60. The van der Waals surface area contributed by atoms with E-state index in [9.17, 15) is 18.0 Å². The number of rotatable bonds is 8. The number of benzene rings is 3. The van der Waals surface area contributed by atoms with Crippen LogP contribution in [0.15, 0.2) is 77.7 Å². The van der Waals surface area contributed by atoms with E-state index >= 15 is 0 Å². The maximum Gasteiger partial charge on any atom is 0.254 e. The molecule has 0 aliphatic heterocycles. The number of amides is 2. The molecule has 0 saturated heterocycles. The Balaban J connectivity index is 1.70. The molecule has 0 aliphatic rings. The smallest absolute Gasteiger partial charge is 0.254 e. The molecule has 0 unspecified atom stereocenters.